The van der Waals surface area contributed by atoms with E-state index in [1.165, 1.54) is 12.8 Å². The van der Waals surface area contributed by atoms with Gasteiger partial charge in [0.25, 0.3) is 0 Å². The predicted octanol–water partition coefficient (Wildman–Crippen LogP) is 2.35. The van der Waals surface area contributed by atoms with Crippen LogP contribution in [-0.2, 0) is 9.47 Å². The summed E-state index contributed by atoms with van der Waals surface area (Å²) >= 11 is 0. The molecule has 0 amide bonds. The van der Waals surface area contributed by atoms with E-state index < -0.39 is 0 Å². The lowest BCUT2D eigenvalue weighted by atomic mass is 10.2. The van der Waals surface area contributed by atoms with E-state index in [0.717, 1.165) is 13.0 Å². The molecule has 11 heavy (non-hydrogen) atoms. The maximum absolute atomic E-state index is 5.20. The van der Waals surface area contributed by atoms with Crippen LogP contribution >= 0.6 is 0 Å². The van der Waals surface area contributed by atoms with E-state index in [4.69, 9.17) is 9.47 Å². The van der Waals surface area contributed by atoms with E-state index in [1.807, 2.05) is 6.92 Å². The van der Waals surface area contributed by atoms with Crippen molar-refractivity contribution in [2.75, 3.05) is 13.7 Å². The number of methoxy groups -OCH3 is 1. The largest absolute Gasteiger partial charge is 0.356 e. The van der Waals surface area contributed by atoms with Gasteiger partial charge in [-0.05, 0) is 26.2 Å². The highest BCUT2D eigenvalue weighted by molar-refractivity contribution is 4.52. The standard InChI is InChI=1S/C6H12O2.C3H6/c1-7-6-4-2-3-5-8-6;1-3-2/h6H,2-5H2,1H3;3H,1H2,2H3. The van der Waals surface area contributed by atoms with Crippen LogP contribution < -0.4 is 0 Å². The molecule has 1 aliphatic heterocycles. The highest BCUT2D eigenvalue weighted by Crippen LogP contribution is 2.11. The Bertz CT molecular complexity index is 85.6. The molecule has 66 valence electrons. The lowest BCUT2D eigenvalue weighted by molar-refractivity contribution is -0.145. The molecule has 2 heteroatoms. The van der Waals surface area contributed by atoms with Crippen molar-refractivity contribution < 1.29 is 9.47 Å². The minimum atomic E-state index is 0.0868. The van der Waals surface area contributed by atoms with Gasteiger partial charge in [0, 0.05) is 13.7 Å². The summed E-state index contributed by atoms with van der Waals surface area (Å²) in [6.45, 7) is 6.12. The molecule has 0 radical (unpaired) electrons. The average molecular weight is 158 g/mol. The minimum Gasteiger partial charge on any atom is -0.356 e. The third-order valence-corrected chi connectivity index (χ3v) is 1.40. The topological polar surface area (TPSA) is 18.5 Å². The number of allylic oxidation sites excluding steroid dienone is 1. The molecule has 1 fully saturated rings. The fraction of sp³-hybridized carbons (Fsp3) is 0.778. The monoisotopic (exact) mass is 158 g/mol. The molecule has 1 heterocycles. The molecule has 1 saturated heterocycles. The zero-order valence-electron chi connectivity index (χ0n) is 7.51. The van der Waals surface area contributed by atoms with Gasteiger partial charge in [-0.3, -0.25) is 0 Å². The molecule has 0 spiro atoms. The van der Waals surface area contributed by atoms with Gasteiger partial charge in [0.2, 0.25) is 0 Å². The Kier molecular flexibility index (Phi) is 7.52. The van der Waals surface area contributed by atoms with Gasteiger partial charge in [-0.1, -0.05) is 6.08 Å². The minimum absolute atomic E-state index is 0.0868. The molecule has 0 aromatic rings. The first-order chi connectivity index (χ1) is 5.35. The Labute approximate surface area is 69.2 Å². The van der Waals surface area contributed by atoms with Gasteiger partial charge in [0.15, 0.2) is 6.29 Å². The van der Waals surface area contributed by atoms with Crippen LogP contribution in [0, 0.1) is 0 Å². The fourth-order valence-electron chi connectivity index (χ4n) is 0.897. The molecule has 0 aromatic heterocycles. The molecular formula is C9H18O2. The molecule has 1 atom stereocenters. The van der Waals surface area contributed by atoms with Crippen LogP contribution in [0.4, 0.5) is 0 Å². The molecule has 0 saturated carbocycles. The smallest absolute Gasteiger partial charge is 0.157 e. The van der Waals surface area contributed by atoms with Crippen molar-refractivity contribution in [3.8, 4) is 0 Å². The summed E-state index contributed by atoms with van der Waals surface area (Å²) in [5.41, 5.74) is 0. The van der Waals surface area contributed by atoms with Crippen molar-refractivity contribution in [3.63, 3.8) is 0 Å². The zero-order valence-corrected chi connectivity index (χ0v) is 7.51. The quantitative estimate of drug-likeness (QED) is 0.545. The summed E-state index contributed by atoms with van der Waals surface area (Å²) < 4.78 is 10.2. The molecule has 0 aliphatic carbocycles. The lowest BCUT2D eigenvalue weighted by Gasteiger charge is -2.20. The first-order valence-electron chi connectivity index (χ1n) is 4.06. The summed E-state index contributed by atoms with van der Waals surface area (Å²) in [6, 6.07) is 0. The fourth-order valence-corrected chi connectivity index (χ4v) is 0.897. The molecule has 0 aromatic carbocycles. The molecule has 0 bridgehead atoms. The predicted molar refractivity (Wildman–Crippen MR) is 46.5 cm³/mol. The van der Waals surface area contributed by atoms with Gasteiger partial charge in [-0.25, -0.2) is 0 Å². The molecule has 2 nitrogen and oxygen atoms in total. The molecule has 1 aliphatic rings. The second kappa shape index (κ2) is 7.76. The third kappa shape index (κ3) is 6.07. The Morgan fingerprint density at radius 2 is 2.18 bits per heavy atom. The summed E-state index contributed by atoms with van der Waals surface area (Å²) in [7, 11) is 1.69. The van der Waals surface area contributed by atoms with Crippen LogP contribution in [0.25, 0.3) is 0 Å². The van der Waals surface area contributed by atoms with Gasteiger partial charge in [-0.2, -0.15) is 0 Å². The summed E-state index contributed by atoms with van der Waals surface area (Å²) in [6.07, 6.45) is 5.35. The highest BCUT2D eigenvalue weighted by atomic mass is 16.7. The summed E-state index contributed by atoms with van der Waals surface area (Å²) in [5.74, 6) is 0. The number of hydrogen-bond donors (Lipinski definition) is 0. The van der Waals surface area contributed by atoms with Crippen molar-refractivity contribution in [1.82, 2.24) is 0 Å². The molecule has 1 unspecified atom stereocenters. The van der Waals surface area contributed by atoms with Crippen molar-refractivity contribution in [1.29, 1.82) is 0 Å². The van der Waals surface area contributed by atoms with Crippen molar-refractivity contribution in [2.45, 2.75) is 32.5 Å². The van der Waals surface area contributed by atoms with Crippen LogP contribution in [0.5, 0.6) is 0 Å². The van der Waals surface area contributed by atoms with Crippen molar-refractivity contribution >= 4 is 0 Å². The van der Waals surface area contributed by atoms with Gasteiger partial charge < -0.3 is 9.47 Å². The van der Waals surface area contributed by atoms with E-state index in [1.54, 1.807) is 13.2 Å². The van der Waals surface area contributed by atoms with E-state index in [2.05, 4.69) is 6.58 Å². The van der Waals surface area contributed by atoms with Crippen LogP contribution in [-0.4, -0.2) is 20.0 Å². The molecule has 1 rings (SSSR count). The molecule has 0 N–H and O–H groups in total. The Hall–Kier alpha value is -0.340. The van der Waals surface area contributed by atoms with Gasteiger partial charge in [0.1, 0.15) is 0 Å². The number of ether oxygens (including phenoxy) is 2. The number of hydrogen-bond acceptors (Lipinski definition) is 2. The van der Waals surface area contributed by atoms with Crippen molar-refractivity contribution in [2.24, 2.45) is 0 Å². The van der Waals surface area contributed by atoms with Crippen LogP contribution in [0.1, 0.15) is 26.2 Å². The Morgan fingerprint density at radius 3 is 2.45 bits per heavy atom. The van der Waals surface area contributed by atoms with Gasteiger partial charge in [-0.15, -0.1) is 6.58 Å². The second-order valence-electron chi connectivity index (χ2n) is 2.44. The SMILES string of the molecule is C=CC.COC1CCCCO1. The normalized spacial score (nSPS) is 23.3. The van der Waals surface area contributed by atoms with Gasteiger partial charge in [0.05, 0.1) is 0 Å². The van der Waals surface area contributed by atoms with E-state index in [9.17, 15) is 0 Å². The van der Waals surface area contributed by atoms with Crippen LogP contribution in [0.3, 0.4) is 0 Å². The van der Waals surface area contributed by atoms with Crippen LogP contribution in [0.2, 0.25) is 0 Å². The van der Waals surface area contributed by atoms with Crippen molar-refractivity contribution in [3.05, 3.63) is 12.7 Å². The first-order valence-corrected chi connectivity index (χ1v) is 4.06. The Balaban J connectivity index is 0.000000292. The lowest BCUT2D eigenvalue weighted by Crippen LogP contribution is -2.20. The van der Waals surface area contributed by atoms with Gasteiger partial charge >= 0.3 is 0 Å². The van der Waals surface area contributed by atoms with Crippen LogP contribution in [0.15, 0.2) is 12.7 Å². The Morgan fingerprint density at radius 1 is 1.55 bits per heavy atom. The maximum Gasteiger partial charge on any atom is 0.157 e. The highest BCUT2D eigenvalue weighted by Gasteiger charge is 2.10. The number of rotatable bonds is 1. The van der Waals surface area contributed by atoms with E-state index >= 15 is 0 Å². The maximum atomic E-state index is 5.20. The molecular weight excluding hydrogens is 140 g/mol. The van der Waals surface area contributed by atoms with E-state index in [-0.39, 0.29) is 6.29 Å². The third-order valence-electron chi connectivity index (χ3n) is 1.40. The average Bonchev–Trinajstić information content (AvgIpc) is 2.08. The second-order valence-corrected chi connectivity index (χ2v) is 2.44. The van der Waals surface area contributed by atoms with E-state index in [0.29, 0.717) is 0 Å². The summed E-state index contributed by atoms with van der Waals surface area (Å²) in [4.78, 5) is 0. The summed E-state index contributed by atoms with van der Waals surface area (Å²) in [5, 5.41) is 0. The first kappa shape index (κ1) is 10.7. The zero-order chi connectivity index (χ0) is 8.53.